The number of carbonyl (C=O) groups is 1. The number of nitrogens with zero attached hydrogens (tertiary/aromatic N) is 2. The lowest BCUT2D eigenvalue weighted by molar-refractivity contribution is -0.0712. The molecule has 1 amide bonds. The van der Waals surface area contributed by atoms with Gasteiger partial charge in [-0.05, 0) is 79.9 Å². The summed E-state index contributed by atoms with van der Waals surface area (Å²) in [6, 6.07) is 25.7. The van der Waals surface area contributed by atoms with E-state index in [9.17, 15) is 4.79 Å². The van der Waals surface area contributed by atoms with Crippen LogP contribution in [0.5, 0.6) is 0 Å². The van der Waals surface area contributed by atoms with Crippen molar-refractivity contribution in [2.75, 3.05) is 26.3 Å². The number of fused-ring (bicyclic) bond motifs is 1. The van der Waals surface area contributed by atoms with Crippen molar-refractivity contribution in [3.63, 3.8) is 0 Å². The number of hydrogen-bond acceptors (Lipinski definition) is 4. The molecule has 2 aliphatic heterocycles. The summed E-state index contributed by atoms with van der Waals surface area (Å²) in [5.41, 5.74) is 6.16. The van der Waals surface area contributed by atoms with Crippen molar-refractivity contribution in [1.82, 2.24) is 20.4 Å². The Kier molecular flexibility index (Phi) is 6.22. The van der Waals surface area contributed by atoms with Gasteiger partial charge in [-0.25, -0.2) is 0 Å². The third-order valence-electron chi connectivity index (χ3n) is 8.69. The quantitative estimate of drug-likeness (QED) is 0.338. The first kappa shape index (κ1) is 23.6. The minimum atomic E-state index is -0.0324. The lowest BCUT2D eigenvalue weighted by atomic mass is 9.88. The van der Waals surface area contributed by atoms with E-state index >= 15 is 0 Å². The molecule has 38 heavy (non-hydrogen) atoms. The van der Waals surface area contributed by atoms with E-state index < -0.39 is 0 Å². The highest BCUT2D eigenvalue weighted by Crippen LogP contribution is 2.41. The van der Waals surface area contributed by atoms with E-state index in [1.165, 1.54) is 24.0 Å². The topological polar surface area (TPSA) is 70.2 Å². The molecule has 4 aromatic rings. The number of aromatic amines is 1. The number of carbonyl (C=O) groups excluding carboxylic acids is 1. The van der Waals surface area contributed by atoms with Crippen molar-refractivity contribution in [2.45, 2.75) is 43.7 Å². The van der Waals surface area contributed by atoms with Crippen molar-refractivity contribution in [2.24, 2.45) is 5.92 Å². The first-order chi connectivity index (χ1) is 18.7. The molecule has 1 aliphatic carbocycles. The predicted molar refractivity (Wildman–Crippen MR) is 149 cm³/mol. The number of amides is 1. The monoisotopic (exact) mass is 506 g/mol. The maximum absolute atomic E-state index is 13.3. The number of likely N-dealkylation sites (tertiary alicyclic amines) is 1. The standard InChI is InChI=1S/C32H34N4O2/c37-32(33-30(24-10-11-24)23-4-2-1-3-5-23)26-12-13-29-28(18-26)31(35-34-29)25-8-6-21(7-9-25)22-14-16-36(17-15-22)27-19-38-20-27/h1-9,12-13,18,22,24,27,30H,10-11,14-17,19-20H2,(H,33,37)(H,34,35)/t30-/m1/s1. The number of hydrogen-bond donors (Lipinski definition) is 2. The van der Waals surface area contributed by atoms with Crippen LogP contribution in [0.4, 0.5) is 0 Å². The fourth-order valence-electron chi connectivity index (χ4n) is 6.11. The summed E-state index contributed by atoms with van der Waals surface area (Å²) in [5.74, 6) is 1.10. The van der Waals surface area contributed by atoms with Gasteiger partial charge in [0.05, 0.1) is 36.5 Å². The van der Waals surface area contributed by atoms with Crippen molar-refractivity contribution in [3.05, 3.63) is 89.5 Å². The Hall–Kier alpha value is -3.48. The molecule has 2 N–H and O–H groups in total. The van der Waals surface area contributed by atoms with Gasteiger partial charge in [-0.1, -0.05) is 54.6 Å². The fourth-order valence-corrected chi connectivity index (χ4v) is 6.11. The maximum atomic E-state index is 13.3. The molecule has 3 heterocycles. The smallest absolute Gasteiger partial charge is 0.251 e. The van der Waals surface area contributed by atoms with Crippen LogP contribution in [-0.2, 0) is 4.74 Å². The van der Waals surface area contributed by atoms with Gasteiger partial charge in [0.2, 0.25) is 0 Å². The van der Waals surface area contributed by atoms with Crippen LogP contribution in [0.2, 0.25) is 0 Å². The summed E-state index contributed by atoms with van der Waals surface area (Å²) >= 11 is 0. The van der Waals surface area contributed by atoms with Gasteiger partial charge >= 0.3 is 0 Å². The first-order valence-electron chi connectivity index (χ1n) is 14.0. The molecule has 3 fully saturated rings. The van der Waals surface area contributed by atoms with Gasteiger partial charge in [-0.3, -0.25) is 14.8 Å². The van der Waals surface area contributed by atoms with Crippen LogP contribution in [-0.4, -0.2) is 53.3 Å². The van der Waals surface area contributed by atoms with Crippen molar-refractivity contribution in [1.29, 1.82) is 0 Å². The van der Waals surface area contributed by atoms with E-state index in [1.807, 2.05) is 36.4 Å². The number of benzene rings is 3. The van der Waals surface area contributed by atoms with Crippen molar-refractivity contribution < 1.29 is 9.53 Å². The molecule has 3 aliphatic rings. The molecule has 0 spiro atoms. The van der Waals surface area contributed by atoms with Gasteiger partial charge < -0.3 is 10.1 Å². The molecule has 1 atom stereocenters. The Labute approximate surface area is 223 Å². The molecular weight excluding hydrogens is 472 g/mol. The summed E-state index contributed by atoms with van der Waals surface area (Å²) in [6.45, 7) is 4.10. The summed E-state index contributed by atoms with van der Waals surface area (Å²) in [4.78, 5) is 15.9. The van der Waals surface area contributed by atoms with Gasteiger partial charge in [-0.2, -0.15) is 5.10 Å². The molecule has 0 unspecified atom stereocenters. The highest BCUT2D eigenvalue weighted by molar-refractivity contribution is 6.01. The summed E-state index contributed by atoms with van der Waals surface area (Å²) in [7, 11) is 0. The van der Waals surface area contributed by atoms with Crippen LogP contribution in [0.15, 0.2) is 72.8 Å². The average molecular weight is 507 g/mol. The van der Waals surface area contributed by atoms with E-state index in [4.69, 9.17) is 4.74 Å². The molecular formula is C32H34N4O2. The average Bonchev–Trinajstić information content (AvgIpc) is 3.70. The fraction of sp³-hybridized carbons (Fsp3) is 0.375. The zero-order chi connectivity index (χ0) is 25.5. The number of ether oxygens (including phenoxy) is 1. The Bertz CT molecular complexity index is 1420. The van der Waals surface area contributed by atoms with Crippen LogP contribution in [0.25, 0.3) is 22.2 Å². The van der Waals surface area contributed by atoms with Crippen LogP contribution in [0.1, 0.15) is 59.1 Å². The van der Waals surface area contributed by atoms with Gasteiger partial charge in [0.15, 0.2) is 0 Å². The zero-order valence-electron chi connectivity index (χ0n) is 21.6. The maximum Gasteiger partial charge on any atom is 0.251 e. The molecule has 7 rings (SSSR count). The third-order valence-corrected chi connectivity index (χ3v) is 8.69. The van der Waals surface area contributed by atoms with Gasteiger partial charge in [-0.15, -0.1) is 0 Å². The minimum absolute atomic E-state index is 0.0324. The zero-order valence-corrected chi connectivity index (χ0v) is 21.6. The molecule has 0 bridgehead atoms. The van der Waals surface area contributed by atoms with E-state index in [2.05, 4.69) is 56.8 Å². The number of aromatic nitrogens is 2. The lowest BCUT2D eigenvalue weighted by Crippen LogP contribution is -2.51. The normalized spacial score (nSPS) is 19.8. The second-order valence-corrected chi connectivity index (χ2v) is 11.2. The highest BCUT2D eigenvalue weighted by Gasteiger charge is 2.34. The Morgan fingerprint density at radius 1 is 0.947 bits per heavy atom. The molecule has 3 aromatic carbocycles. The van der Waals surface area contributed by atoms with Crippen molar-refractivity contribution in [3.8, 4) is 11.3 Å². The van der Waals surface area contributed by atoms with Crippen molar-refractivity contribution >= 4 is 16.8 Å². The second-order valence-electron chi connectivity index (χ2n) is 11.2. The second kappa shape index (κ2) is 10.0. The van der Waals surface area contributed by atoms with Crippen LogP contribution in [0.3, 0.4) is 0 Å². The molecule has 0 radical (unpaired) electrons. The number of rotatable bonds is 7. The SMILES string of the molecule is O=C(N[C@H](c1ccccc1)C1CC1)c1ccc2[nH]nc(-c3ccc(C4CCN(C5COC5)CC4)cc3)c2c1. The Morgan fingerprint density at radius 2 is 1.71 bits per heavy atom. The van der Waals surface area contributed by atoms with Gasteiger partial charge in [0.25, 0.3) is 5.91 Å². The summed E-state index contributed by atoms with van der Waals surface area (Å²) in [6.07, 6.45) is 4.72. The minimum Gasteiger partial charge on any atom is -0.378 e. The predicted octanol–water partition coefficient (Wildman–Crippen LogP) is 5.69. The van der Waals surface area contributed by atoms with Gasteiger partial charge in [0.1, 0.15) is 0 Å². The summed E-state index contributed by atoms with van der Waals surface area (Å²) in [5, 5.41) is 12.1. The third kappa shape index (κ3) is 4.63. The van der Waals surface area contributed by atoms with E-state index in [-0.39, 0.29) is 11.9 Å². The Balaban J connectivity index is 1.08. The number of piperidine rings is 1. The first-order valence-corrected chi connectivity index (χ1v) is 14.0. The van der Waals surface area contributed by atoms with Crippen LogP contribution in [0, 0.1) is 5.92 Å². The summed E-state index contributed by atoms with van der Waals surface area (Å²) < 4.78 is 5.37. The molecule has 6 nitrogen and oxygen atoms in total. The molecule has 6 heteroatoms. The largest absolute Gasteiger partial charge is 0.378 e. The molecule has 1 saturated carbocycles. The lowest BCUT2D eigenvalue weighted by Gasteiger charge is -2.41. The van der Waals surface area contributed by atoms with E-state index in [0.29, 0.717) is 23.4 Å². The highest BCUT2D eigenvalue weighted by atomic mass is 16.5. The Morgan fingerprint density at radius 3 is 2.39 bits per heavy atom. The van der Waals surface area contributed by atoms with Crippen LogP contribution >= 0.6 is 0 Å². The molecule has 1 aromatic heterocycles. The van der Waals surface area contributed by atoms with Crippen LogP contribution < -0.4 is 5.32 Å². The van der Waals surface area contributed by atoms with E-state index in [0.717, 1.165) is 61.3 Å². The van der Waals surface area contributed by atoms with E-state index in [1.54, 1.807) is 0 Å². The number of nitrogens with one attached hydrogen (secondary N) is 2. The molecule has 2 saturated heterocycles. The molecule has 194 valence electrons. The van der Waals surface area contributed by atoms with Gasteiger partial charge in [0, 0.05) is 16.5 Å². The number of H-pyrrole nitrogens is 1.